The van der Waals surface area contributed by atoms with E-state index >= 15 is 0 Å². The number of carbonyl (C=O) groups excluding carboxylic acids is 1. The maximum absolute atomic E-state index is 12.9. The number of thiazole rings is 1. The molecule has 0 unspecified atom stereocenters. The van der Waals surface area contributed by atoms with Gasteiger partial charge in [0.1, 0.15) is 4.88 Å². The number of hydrogen-bond donors (Lipinski definition) is 2. The van der Waals surface area contributed by atoms with E-state index in [1.165, 1.54) is 23.6 Å². The third-order valence-corrected chi connectivity index (χ3v) is 4.11. The van der Waals surface area contributed by atoms with Gasteiger partial charge >= 0.3 is 6.18 Å². The highest BCUT2D eigenvalue weighted by atomic mass is 32.1. The molecule has 1 amide bonds. The van der Waals surface area contributed by atoms with Crippen LogP contribution in [0, 0.1) is 0 Å². The van der Waals surface area contributed by atoms with E-state index in [0.717, 1.165) is 30.0 Å². The second-order valence-electron chi connectivity index (χ2n) is 4.94. The number of aryl methyl sites for hydroxylation is 1. The molecule has 23 heavy (non-hydrogen) atoms. The number of hydrogen-bond acceptors (Lipinski definition) is 4. The fraction of sp³-hybridized carbons (Fsp3) is 0.333. The summed E-state index contributed by atoms with van der Waals surface area (Å²) in [4.78, 5) is 16.6. The van der Waals surface area contributed by atoms with E-state index in [0.29, 0.717) is 10.4 Å². The van der Waals surface area contributed by atoms with E-state index in [1.807, 2.05) is 6.92 Å². The predicted octanol–water partition coefficient (Wildman–Crippen LogP) is 3.83. The molecule has 1 heterocycles. The molecule has 2 rings (SSSR count). The van der Waals surface area contributed by atoms with Crippen LogP contribution < -0.4 is 11.1 Å². The zero-order chi connectivity index (χ0) is 17.0. The van der Waals surface area contributed by atoms with Crippen molar-refractivity contribution in [1.29, 1.82) is 0 Å². The minimum Gasteiger partial charge on any atom is -0.326 e. The minimum absolute atomic E-state index is 0.0476. The predicted molar refractivity (Wildman–Crippen MR) is 83.4 cm³/mol. The monoisotopic (exact) mass is 343 g/mol. The normalized spacial score (nSPS) is 11.5. The maximum Gasteiger partial charge on any atom is 0.416 e. The van der Waals surface area contributed by atoms with Gasteiger partial charge in [-0.25, -0.2) is 4.98 Å². The average molecular weight is 343 g/mol. The number of aromatic nitrogens is 1. The fourth-order valence-electron chi connectivity index (χ4n) is 1.98. The molecule has 3 N–H and O–H groups in total. The molecule has 1 aromatic heterocycles. The fourth-order valence-corrected chi connectivity index (χ4v) is 2.90. The Kier molecular flexibility index (Phi) is 5.38. The largest absolute Gasteiger partial charge is 0.416 e. The van der Waals surface area contributed by atoms with Crippen LogP contribution in [0.3, 0.4) is 0 Å². The molecule has 0 saturated carbocycles. The van der Waals surface area contributed by atoms with Gasteiger partial charge in [0.15, 0.2) is 0 Å². The number of nitrogens with one attached hydrogen (secondary N) is 1. The number of carbonyl (C=O) groups is 1. The summed E-state index contributed by atoms with van der Waals surface area (Å²) in [6.07, 6.45) is -1.40. The Morgan fingerprint density at radius 2 is 2.09 bits per heavy atom. The highest BCUT2D eigenvalue weighted by molar-refractivity contribution is 7.13. The molecule has 124 valence electrons. The van der Waals surface area contributed by atoms with Crippen LogP contribution in [0.4, 0.5) is 18.9 Å². The minimum atomic E-state index is -4.50. The standard InChI is InChI=1S/C15H16F3N3OS/c1-2-3-13-20-8-12(23-13)14(22)21-11-5-9(7-19)4-10(6-11)15(16,17)18/h4-6,8H,2-3,7,19H2,1H3,(H,21,22). The van der Waals surface area contributed by atoms with Crippen molar-refractivity contribution >= 4 is 22.9 Å². The number of nitrogens with zero attached hydrogens (tertiary/aromatic N) is 1. The van der Waals surface area contributed by atoms with Gasteiger partial charge in [0.25, 0.3) is 5.91 Å². The van der Waals surface area contributed by atoms with Crippen LogP contribution in [-0.4, -0.2) is 10.9 Å². The van der Waals surface area contributed by atoms with E-state index in [9.17, 15) is 18.0 Å². The number of benzene rings is 1. The molecule has 0 fully saturated rings. The molecule has 4 nitrogen and oxygen atoms in total. The Hall–Kier alpha value is -1.93. The summed E-state index contributed by atoms with van der Waals surface area (Å²) in [5.41, 5.74) is 4.94. The van der Waals surface area contributed by atoms with Crippen molar-refractivity contribution in [1.82, 2.24) is 4.98 Å². The van der Waals surface area contributed by atoms with Gasteiger partial charge in [-0.1, -0.05) is 6.92 Å². The average Bonchev–Trinajstić information content (AvgIpc) is 2.95. The zero-order valence-corrected chi connectivity index (χ0v) is 13.2. The first-order chi connectivity index (χ1) is 10.8. The maximum atomic E-state index is 12.9. The van der Waals surface area contributed by atoms with Crippen LogP contribution in [0.1, 0.15) is 39.2 Å². The second-order valence-corrected chi connectivity index (χ2v) is 6.06. The number of amides is 1. The van der Waals surface area contributed by atoms with Crippen LogP contribution >= 0.6 is 11.3 Å². The van der Waals surface area contributed by atoms with E-state index in [2.05, 4.69) is 10.3 Å². The van der Waals surface area contributed by atoms with Crippen molar-refractivity contribution < 1.29 is 18.0 Å². The van der Waals surface area contributed by atoms with Gasteiger partial charge < -0.3 is 11.1 Å². The number of nitrogens with two attached hydrogens (primary N) is 1. The molecule has 0 bridgehead atoms. The molecule has 0 atom stereocenters. The van der Waals surface area contributed by atoms with Crippen molar-refractivity contribution in [3.8, 4) is 0 Å². The number of alkyl halides is 3. The number of rotatable bonds is 5. The quantitative estimate of drug-likeness (QED) is 0.867. The summed E-state index contributed by atoms with van der Waals surface area (Å²) in [5, 5.41) is 3.30. The lowest BCUT2D eigenvalue weighted by molar-refractivity contribution is -0.137. The molecule has 8 heteroatoms. The van der Waals surface area contributed by atoms with Crippen LogP contribution in [0.2, 0.25) is 0 Å². The van der Waals surface area contributed by atoms with E-state index in [-0.39, 0.29) is 12.2 Å². The lowest BCUT2D eigenvalue weighted by Crippen LogP contribution is -2.13. The lowest BCUT2D eigenvalue weighted by Gasteiger charge is -2.12. The van der Waals surface area contributed by atoms with Crippen molar-refractivity contribution in [2.45, 2.75) is 32.5 Å². The van der Waals surface area contributed by atoms with Crippen molar-refractivity contribution in [3.63, 3.8) is 0 Å². The van der Waals surface area contributed by atoms with Gasteiger partial charge in [0.2, 0.25) is 0 Å². The topological polar surface area (TPSA) is 68.0 Å². The first kappa shape index (κ1) is 17.4. The molecule has 0 spiro atoms. The molecular formula is C15H16F3N3OS. The van der Waals surface area contributed by atoms with Gasteiger partial charge in [-0.05, 0) is 36.6 Å². The van der Waals surface area contributed by atoms with Crippen molar-refractivity contribution in [3.05, 3.63) is 45.4 Å². The molecule has 2 aromatic rings. The number of halogens is 3. The molecule has 0 radical (unpaired) electrons. The molecule has 0 saturated heterocycles. The Labute approximate surface area is 135 Å². The summed E-state index contributed by atoms with van der Waals surface area (Å²) < 4.78 is 38.6. The van der Waals surface area contributed by atoms with Gasteiger partial charge in [-0.15, -0.1) is 11.3 Å². The van der Waals surface area contributed by atoms with Crippen molar-refractivity contribution in [2.75, 3.05) is 5.32 Å². The Bertz CT molecular complexity index is 698. The summed E-state index contributed by atoms with van der Waals surface area (Å²) in [7, 11) is 0. The van der Waals surface area contributed by atoms with Crippen LogP contribution in [0.25, 0.3) is 0 Å². The summed E-state index contributed by atoms with van der Waals surface area (Å²) >= 11 is 1.23. The molecule has 1 aromatic carbocycles. The second kappa shape index (κ2) is 7.10. The Balaban J connectivity index is 2.22. The van der Waals surface area contributed by atoms with Gasteiger partial charge in [0, 0.05) is 12.2 Å². The highest BCUT2D eigenvalue weighted by Crippen LogP contribution is 2.32. The van der Waals surface area contributed by atoms with Crippen LogP contribution in [-0.2, 0) is 19.1 Å². The summed E-state index contributed by atoms with van der Waals surface area (Å²) in [6.45, 7) is 1.95. The zero-order valence-electron chi connectivity index (χ0n) is 12.4. The molecular weight excluding hydrogens is 327 g/mol. The van der Waals surface area contributed by atoms with Gasteiger partial charge in [0.05, 0.1) is 16.8 Å². The van der Waals surface area contributed by atoms with E-state index in [1.54, 1.807) is 0 Å². The van der Waals surface area contributed by atoms with E-state index < -0.39 is 17.6 Å². The van der Waals surface area contributed by atoms with Gasteiger partial charge in [-0.2, -0.15) is 13.2 Å². The molecule has 0 aliphatic rings. The lowest BCUT2D eigenvalue weighted by atomic mass is 10.1. The van der Waals surface area contributed by atoms with Gasteiger partial charge in [-0.3, -0.25) is 4.79 Å². The third-order valence-electron chi connectivity index (χ3n) is 3.05. The first-order valence-corrected chi connectivity index (χ1v) is 7.82. The summed E-state index contributed by atoms with van der Waals surface area (Å²) in [6, 6.07) is 3.30. The Morgan fingerprint density at radius 1 is 1.35 bits per heavy atom. The molecule has 0 aliphatic carbocycles. The molecule has 0 aliphatic heterocycles. The number of anilines is 1. The van der Waals surface area contributed by atoms with E-state index in [4.69, 9.17) is 5.73 Å². The Morgan fingerprint density at radius 3 is 2.70 bits per heavy atom. The van der Waals surface area contributed by atoms with Crippen LogP contribution in [0.15, 0.2) is 24.4 Å². The third kappa shape index (κ3) is 4.52. The SMILES string of the molecule is CCCc1ncc(C(=O)Nc2cc(CN)cc(C(F)(F)F)c2)s1. The highest BCUT2D eigenvalue weighted by Gasteiger charge is 2.31. The van der Waals surface area contributed by atoms with Crippen LogP contribution in [0.5, 0.6) is 0 Å². The smallest absolute Gasteiger partial charge is 0.326 e. The van der Waals surface area contributed by atoms with Crippen molar-refractivity contribution in [2.24, 2.45) is 5.73 Å². The first-order valence-electron chi connectivity index (χ1n) is 7.00. The summed E-state index contributed by atoms with van der Waals surface area (Å²) in [5.74, 6) is -0.479.